The van der Waals surface area contributed by atoms with Crippen LogP contribution in [-0.2, 0) is 20.9 Å². The van der Waals surface area contributed by atoms with E-state index in [1.54, 1.807) is 36.2 Å². The molecule has 1 heterocycles. The van der Waals surface area contributed by atoms with E-state index in [9.17, 15) is 19.5 Å². The summed E-state index contributed by atoms with van der Waals surface area (Å²) in [6.45, 7) is 5.04. The van der Waals surface area contributed by atoms with E-state index in [1.165, 1.54) is 0 Å². The highest BCUT2D eigenvalue weighted by Crippen LogP contribution is 2.30. The van der Waals surface area contributed by atoms with Crippen LogP contribution in [0.2, 0.25) is 0 Å². The highest BCUT2D eigenvalue weighted by molar-refractivity contribution is 5.94. The van der Waals surface area contributed by atoms with Gasteiger partial charge in [-0.3, -0.25) is 14.4 Å². The number of aliphatic carboxylic acids is 1. The third kappa shape index (κ3) is 5.29. The summed E-state index contributed by atoms with van der Waals surface area (Å²) in [5, 5.41) is 12.3. The van der Waals surface area contributed by atoms with Crippen LogP contribution in [0.25, 0.3) is 0 Å². The molecule has 7 nitrogen and oxygen atoms in total. The Labute approximate surface area is 159 Å². The number of carboxylic acids is 1. The van der Waals surface area contributed by atoms with Crippen molar-refractivity contribution in [1.29, 1.82) is 0 Å². The summed E-state index contributed by atoms with van der Waals surface area (Å²) in [5.74, 6) is -1.21. The van der Waals surface area contributed by atoms with Crippen molar-refractivity contribution in [3.63, 3.8) is 0 Å². The van der Waals surface area contributed by atoms with Gasteiger partial charge in [0.1, 0.15) is 0 Å². The van der Waals surface area contributed by atoms with Gasteiger partial charge < -0.3 is 20.1 Å². The third-order valence-electron chi connectivity index (χ3n) is 5.00. The average molecular weight is 376 g/mol. The second kappa shape index (κ2) is 8.99. The van der Waals surface area contributed by atoms with Gasteiger partial charge in [0.25, 0.3) is 5.91 Å². The molecule has 0 radical (unpaired) electrons. The normalized spacial score (nSPS) is 16.0. The summed E-state index contributed by atoms with van der Waals surface area (Å²) in [4.78, 5) is 37.6. The lowest BCUT2D eigenvalue weighted by molar-refractivity contribution is -0.154. The van der Waals surface area contributed by atoms with E-state index in [4.69, 9.17) is 4.74 Å². The van der Waals surface area contributed by atoms with Crippen LogP contribution in [-0.4, -0.2) is 54.6 Å². The Morgan fingerprint density at radius 2 is 1.78 bits per heavy atom. The van der Waals surface area contributed by atoms with Gasteiger partial charge in [-0.25, -0.2) is 0 Å². The second-order valence-electron chi connectivity index (χ2n) is 7.43. The van der Waals surface area contributed by atoms with Crippen LogP contribution < -0.4 is 5.32 Å². The monoisotopic (exact) mass is 376 g/mol. The first-order valence-corrected chi connectivity index (χ1v) is 9.18. The Balaban J connectivity index is 1.95. The zero-order valence-corrected chi connectivity index (χ0v) is 16.2. The molecule has 0 saturated carbocycles. The molecule has 0 atom stereocenters. The molecule has 1 aliphatic rings. The summed E-state index contributed by atoms with van der Waals surface area (Å²) in [7, 11) is 1.75. The first-order valence-electron chi connectivity index (χ1n) is 9.18. The Bertz CT molecular complexity index is 678. The summed E-state index contributed by atoms with van der Waals surface area (Å²) in [5.41, 5.74) is 0.423. The van der Waals surface area contributed by atoms with Gasteiger partial charge in [0, 0.05) is 44.8 Å². The Kier molecular flexibility index (Phi) is 6.96. The highest BCUT2D eigenvalue weighted by atomic mass is 16.5. The maximum Gasteiger partial charge on any atom is 0.311 e. The van der Waals surface area contributed by atoms with Crippen molar-refractivity contribution >= 4 is 17.8 Å². The maximum atomic E-state index is 12.4. The van der Waals surface area contributed by atoms with Crippen LogP contribution in [0.5, 0.6) is 0 Å². The minimum absolute atomic E-state index is 0.0623. The number of hydrogen-bond acceptors (Lipinski definition) is 4. The van der Waals surface area contributed by atoms with Gasteiger partial charge >= 0.3 is 5.97 Å². The first-order chi connectivity index (χ1) is 12.7. The Hall–Kier alpha value is -2.41. The van der Waals surface area contributed by atoms with E-state index >= 15 is 0 Å². The summed E-state index contributed by atoms with van der Waals surface area (Å²) in [6.07, 6.45) is 0.773. The number of benzene rings is 1. The summed E-state index contributed by atoms with van der Waals surface area (Å²) >= 11 is 0. The van der Waals surface area contributed by atoms with E-state index in [0.717, 1.165) is 5.56 Å². The fraction of sp³-hybridized carbons (Fsp3) is 0.550. The standard InChI is InChI=1S/C20H28N2O5/c1-14(2)18(24)22(3)12-15-4-6-16(7-5-15)17(23)21-13-20(19(25)26)8-10-27-11-9-20/h4-7,14H,8-13H2,1-3H3,(H,21,23)(H,25,26). The fourth-order valence-corrected chi connectivity index (χ4v) is 3.13. The van der Waals surface area contributed by atoms with Crippen molar-refractivity contribution in [3.05, 3.63) is 35.4 Å². The predicted octanol–water partition coefficient (Wildman–Crippen LogP) is 1.91. The van der Waals surface area contributed by atoms with Crippen LogP contribution in [0.1, 0.15) is 42.6 Å². The molecule has 0 aromatic heterocycles. The fourth-order valence-electron chi connectivity index (χ4n) is 3.13. The van der Waals surface area contributed by atoms with Crippen molar-refractivity contribution in [2.75, 3.05) is 26.8 Å². The molecule has 0 spiro atoms. The van der Waals surface area contributed by atoms with E-state index < -0.39 is 11.4 Å². The van der Waals surface area contributed by atoms with E-state index in [-0.39, 0.29) is 24.3 Å². The van der Waals surface area contributed by atoms with E-state index in [0.29, 0.717) is 38.2 Å². The lowest BCUT2D eigenvalue weighted by atomic mass is 9.80. The number of nitrogens with zero attached hydrogens (tertiary/aromatic N) is 1. The van der Waals surface area contributed by atoms with E-state index in [2.05, 4.69) is 5.32 Å². The van der Waals surface area contributed by atoms with Gasteiger partial charge in [0.2, 0.25) is 5.91 Å². The maximum absolute atomic E-state index is 12.4. The number of carbonyl (C=O) groups excluding carboxylic acids is 2. The van der Waals surface area contributed by atoms with Crippen LogP contribution in [0, 0.1) is 11.3 Å². The van der Waals surface area contributed by atoms with Gasteiger partial charge in [0.05, 0.1) is 5.41 Å². The molecule has 2 N–H and O–H groups in total. The number of nitrogens with one attached hydrogen (secondary N) is 1. The van der Waals surface area contributed by atoms with Gasteiger partial charge in [-0.2, -0.15) is 0 Å². The Morgan fingerprint density at radius 3 is 2.30 bits per heavy atom. The second-order valence-corrected chi connectivity index (χ2v) is 7.43. The molecule has 0 aliphatic carbocycles. The third-order valence-corrected chi connectivity index (χ3v) is 5.00. The van der Waals surface area contributed by atoms with Gasteiger partial charge in [0.15, 0.2) is 0 Å². The number of amides is 2. The quantitative estimate of drug-likeness (QED) is 0.758. The van der Waals surface area contributed by atoms with Crippen molar-refractivity contribution in [1.82, 2.24) is 10.2 Å². The number of rotatable bonds is 7. The molecule has 0 bridgehead atoms. The number of ether oxygens (including phenoxy) is 1. The molecule has 27 heavy (non-hydrogen) atoms. The van der Waals surface area contributed by atoms with Gasteiger partial charge in [-0.1, -0.05) is 26.0 Å². The zero-order chi connectivity index (χ0) is 20.0. The first kappa shape index (κ1) is 20.9. The van der Waals surface area contributed by atoms with Gasteiger partial charge in [-0.15, -0.1) is 0 Å². The smallest absolute Gasteiger partial charge is 0.311 e. The molecule has 1 fully saturated rings. The van der Waals surface area contributed by atoms with Crippen molar-refractivity contribution in [2.45, 2.75) is 33.2 Å². The van der Waals surface area contributed by atoms with Crippen LogP contribution in [0.4, 0.5) is 0 Å². The van der Waals surface area contributed by atoms with Crippen molar-refractivity contribution < 1.29 is 24.2 Å². The molecule has 1 saturated heterocycles. The Morgan fingerprint density at radius 1 is 1.19 bits per heavy atom. The molecule has 7 heteroatoms. The highest BCUT2D eigenvalue weighted by Gasteiger charge is 2.40. The summed E-state index contributed by atoms with van der Waals surface area (Å²) in [6, 6.07) is 6.99. The molecule has 1 aromatic carbocycles. The SMILES string of the molecule is CC(C)C(=O)N(C)Cc1ccc(C(=O)NCC2(C(=O)O)CCOCC2)cc1. The van der Waals surface area contributed by atoms with Crippen LogP contribution in [0.15, 0.2) is 24.3 Å². The molecule has 2 rings (SSSR count). The molecular weight excluding hydrogens is 348 g/mol. The lowest BCUT2D eigenvalue weighted by Crippen LogP contribution is -2.46. The number of hydrogen-bond donors (Lipinski definition) is 2. The minimum atomic E-state index is -0.965. The van der Waals surface area contributed by atoms with Crippen LogP contribution >= 0.6 is 0 Å². The molecule has 1 aliphatic heterocycles. The minimum Gasteiger partial charge on any atom is -0.481 e. The summed E-state index contributed by atoms with van der Waals surface area (Å²) < 4.78 is 5.24. The number of carboxylic acid groups (broad SMARTS) is 1. The van der Waals surface area contributed by atoms with E-state index in [1.807, 2.05) is 13.8 Å². The van der Waals surface area contributed by atoms with Crippen molar-refractivity contribution in [2.24, 2.45) is 11.3 Å². The zero-order valence-electron chi connectivity index (χ0n) is 16.2. The molecule has 2 amide bonds. The number of carbonyl (C=O) groups is 3. The van der Waals surface area contributed by atoms with Gasteiger partial charge in [-0.05, 0) is 30.5 Å². The predicted molar refractivity (Wildman–Crippen MR) is 100 cm³/mol. The van der Waals surface area contributed by atoms with Crippen LogP contribution in [0.3, 0.4) is 0 Å². The molecule has 148 valence electrons. The molecule has 1 aromatic rings. The average Bonchev–Trinajstić information content (AvgIpc) is 2.66. The van der Waals surface area contributed by atoms with Crippen molar-refractivity contribution in [3.8, 4) is 0 Å². The topological polar surface area (TPSA) is 95.9 Å². The lowest BCUT2D eigenvalue weighted by Gasteiger charge is -2.33. The molecular formula is C20H28N2O5. The largest absolute Gasteiger partial charge is 0.481 e. The molecule has 0 unspecified atom stereocenters.